The Balaban J connectivity index is 1.36. The normalized spacial score (nSPS) is 14.1. The molecule has 4 aromatic rings. The molecule has 0 radical (unpaired) electrons. The molecule has 0 saturated heterocycles. The van der Waals surface area contributed by atoms with Crippen molar-refractivity contribution in [2.45, 2.75) is 78.1 Å². The van der Waals surface area contributed by atoms with Gasteiger partial charge in [0.2, 0.25) is 5.88 Å². The number of rotatable bonds is 19. The van der Waals surface area contributed by atoms with Crippen LogP contribution in [0.1, 0.15) is 38.7 Å². The van der Waals surface area contributed by atoms with Crippen LogP contribution in [0.3, 0.4) is 0 Å². The number of hydrogen-bond acceptors (Lipinski definition) is 8. The van der Waals surface area contributed by atoms with E-state index < -0.39 is 20.0 Å². The van der Waals surface area contributed by atoms with E-state index in [-0.39, 0.29) is 31.3 Å². The maximum Gasteiger partial charge on any atom is 0.231 e. The van der Waals surface area contributed by atoms with Gasteiger partial charge in [0.15, 0.2) is 0 Å². The minimum atomic E-state index is -1.29. The molecular weight excluding hydrogens is 628 g/mol. The van der Waals surface area contributed by atoms with E-state index in [0.29, 0.717) is 53.7 Å². The Morgan fingerprint density at radius 1 is 1.06 bits per heavy atom. The molecule has 9 nitrogen and oxygen atoms in total. The van der Waals surface area contributed by atoms with Gasteiger partial charge in [-0.3, -0.25) is 4.79 Å². The molecule has 5 rings (SSSR count). The number of aliphatic hydroxyl groups is 1. The number of aromatic nitrogens is 3. The second kappa shape index (κ2) is 16.2. The zero-order chi connectivity index (χ0) is 34.3. The molecule has 2 aromatic carbocycles. The number of ketones is 1. The van der Waals surface area contributed by atoms with Crippen LogP contribution in [0.25, 0.3) is 22.3 Å². The highest BCUT2D eigenvalue weighted by molar-refractivity contribution is 6.76. The maximum absolute atomic E-state index is 15.0. The predicted octanol–water partition coefficient (Wildman–Crippen LogP) is 7.34. The van der Waals surface area contributed by atoms with Gasteiger partial charge in [0, 0.05) is 40.1 Å². The monoisotopic (exact) mass is 676 g/mol. The summed E-state index contributed by atoms with van der Waals surface area (Å²) >= 11 is 0. The number of carbonyl (C=O) groups excluding carboxylic acids is 1. The van der Waals surface area contributed by atoms with Crippen molar-refractivity contribution in [1.82, 2.24) is 19.4 Å². The third kappa shape index (κ3) is 9.94. The van der Waals surface area contributed by atoms with Crippen LogP contribution in [0.4, 0.5) is 4.39 Å². The van der Waals surface area contributed by atoms with E-state index in [9.17, 15) is 9.90 Å². The Labute approximate surface area is 284 Å². The quantitative estimate of drug-likeness (QED) is 0.0814. The van der Waals surface area contributed by atoms with Crippen molar-refractivity contribution in [3.05, 3.63) is 66.2 Å². The highest BCUT2D eigenvalue weighted by Gasteiger charge is 2.25. The van der Waals surface area contributed by atoms with Crippen LogP contribution < -0.4 is 9.47 Å². The van der Waals surface area contributed by atoms with Crippen molar-refractivity contribution in [3.63, 3.8) is 0 Å². The van der Waals surface area contributed by atoms with Gasteiger partial charge in [-0.1, -0.05) is 39.6 Å². The summed E-state index contributed by atoms with van der Waals surface area (Å²) in [4.78, 5) is 23.5. The number of carbonyl (C=O) groups is 1. The van der Waals surface area contributed by atoms with Crippen LogP contribution in [0, 0.1) is 11.7 Å². The van der Waals surface area contributed by atoms with Gasteiger partial charge in [0.05, 0.1) is 11.1 Å². The highest BCUT2D eigenvalue weighted by Crippen LogP contribution is 2.35. The molecule has 1 atom stereocenters. The Bertz CT molecular complexity index is 1670. The molecule has 258 valence electrons. The molecule has 1 N–H and O–H groups in total. The summed E-state index contributed by atoms with van der Waals surface area (Å²) in [6.07, 6.45) is 3.63. The maximum atomic E-state index is 15.0. The molecule has 0 aliphatic heterocycles. The topological polar surface area (TPSA) is 98.9 Å². The van der Waals surface area contributed by atoms with Crippen LogP contribution in [-0.2, 0) is 22.7 Å². The number of aliphatic hydroxyl groups excluding tert-OH is 1. The number of ether oxygens (including phenoxy) is 3. The Morgan fingerprint density at radius 2 is 1.79 bits per heavy atom. The lowest BCUT2D eigenvalue weighted by atomic mass is 10.0. The number of fused-ring (bicyclic) bond motifs is 1. The summed E-state index contributed by atoms with van der Waals surface area (Å²) in [6, 6.07) is 15.3. The number of nitrogens with zero attached hydrogens (tertiary/aromatic N) is 4. The van der Waals surface area contributed by atoms with Crippen LogP contribution in [0.2, 0.25) is 25.7 Å². The SMILES string of the molecule is CCN(CC)C[C@@H](O)COc1ccc(-c2cc3c(Oc4ccc(CC(=O)CC5CC5)c(F)c4)ncnc3n2COCC[Si](C)(C)C)cc1. The van der Waals surface area contributed by atoms with Gasteiger partial charge in [0.1, 0.15) is 54.5 Å². The molecule has 0 bridgehead atoms. The fourth-order valence-electron chi connectivity index (χ4n) is 5.55. The molecule has 2 heterocycles. The number of halogens is 1. The number of Topliss-reactive ketones (excluding diaryl/α,β-unsaturated/α-hetero) is 1. The molecule has 0 spiro atoms. The van der Waals surface area contributed by atoms with Crippen LogP contribution in [-0.4, -0.2) is 77.4 Å². The standard InChI is InChI=1S/C37H49FN4O5Si/c1-6-41(7-2)22-30(44)23-46-31-13-10-27(11-14-31)35-21-33-36(42(35)25-45-16-17-48(3,4)5)39-24-40-37(33)47-32-15-12-28(34(38)20-32)19-29(43)18-26-8-9-26/h10-15,20-21,24,26,30,44H,6-9,16-19,22-23,25H2,1-5H3/t30-/m1/s1. The van der Waals surface area contributed by atoms with Gasteiger partial charge in [0.25, 0.3) is 0 Å². The summed E-state index contributed by atoms with van der Waals surface area (Å²) in [5, 5.41) is 11.1. The van der Waals surface area contributed by atoms with E-state index >= 15 is 4.39 Å². The van der Waals surface area contributed by atoms with E-state index in [2.05, 4.69) is 48.4 Å². The third-order valence-corrected chi connectivity index (χ3v) is 10.4. The average molecular weight is 677 g/mol. The summed E-state index contributed by atoms with van der Waals surface area (Å²) in [7, 11) is -1.29. The molecule has 11 heteroatoms. The lowest BCUT2D eigenvalue weighted by molar-refractivity contribution is -0.118. The van der Waals surface area contributed by atoms with E-state index in [1.54, 1.807) is 12.1 Å². The second-order valence-corrected chi connectivity index (χ2v) is 19.5. The first-order chi connectivity index (χ1) is 23.0. The molecule has 1 fully saturated rings. The molecule has 1 saturated carbocycles. The fourth-order valence-corrected chi connectivity index (χ4v) is 6.30. The average Bonchev–Trinajstić information content (AvgIpc) is 3.79. The first kappa shape index (κ1) is 35.7. The Morgan fingerprint density at radius 3 is 2.46 bits per heavy atom. The predicted molar refractivity (Wildman–Crippen MR) is 189 cm³/mol. The van der Waals surface area contributed by atoms with Crippen LogP contribution in [0.15, 0.2) is 54.9 Å². The van der Waals surface area contributed by atoms with E-state index in [4.69, 9.17) is 14.2 Å². The van der Waals surface area contributed by atoms with Crippen LogP contribution in [0.5, 0.6) is 17.4 Å². The number of likely N-dealkylation sites (N-methyl/N-ethyl adjacent to an activating group) is 1. The minimum Gasteiger partial charge on any atom is -0.491 e. The second-order valence-electron chi connectivity index (χ2n) is 13.9. The summed E-state index contributed by atoms with van der Waals surface area (Å²) in [5.41, 5.74) is 2.77. The highest BCUT2D eigenvalue weighted by atomic mass is 28.3. The fraction of sp³-hybridized carbons (Fsp3) is 0.486. The summed E-state index contributed by atoms with van der Waals surface area (Å²) in [6.45, 7) is 14.5. The summed E-state index contributed by atoms with van der Waals surface area (Å²) in [5.74, 6) is 1.31. The molecule has 1 aliphatic rings. The van der Waals surface area contributed by atoms with Gasteiger partial charge >= 0.3 is 0 Å². The van der Waals surface area contributed by atoms with Crippen molar-refractivity contribution >= 4 is 24.9 Å². The van der Waals surface area contributed by atoms with Crippen molar-refractivity contribution < 1.29 is 28.5 Å². The lowest BCUT2D eigenvalue weighted by Gasteiger charge is -2.22. The first-order valence-corrected chi connectivity index (χ1v) is 20.8. The smallest absolute Gasteiger partial charge is 0.231 e. The lowest BCUT2D eigenvalue weighted by Crippen LogP contribution is -2.35. The van der Waals surface area contributed by atoms with Crippen molar-refractivity contribution in [2.75, 3.05) is 32.8 Å². The molecular formula is C37H49FN4O5Si. The molecule has 2 aromatic heterocycles. The van der Waals surface area contributed by atoms with Gasteiger partial charge < -0.3 is 28.8 Å². The van der Waals surface area contributed by atoms with Crippen molar-refractivity contribution in [1.29, 1.82) is 0 Å². The van der Waals surface area contributed by atoms with Crippen LogP contribution >= 0.6 is 0 Å². The molecule has 0 unspecified atom stereocenters. The first-order valence-electron chi connectivity index (χ1n) is 17.1. The van der Waals surface area contributed by atoms with Gasteiger partial charge in [-0.25, -0.2) is 14.4 Å². The molecule has 0 amide bonds. The zero-order valence-electron chi connectivity index (χ0n) is 28.9. The Hall–Kier alpha value is -3.64. The number of hydrogen-bond donors (Lipinski definition) is 1. The van der Waals surface area contributed by atoms with Gasteiger partial charge in [-0.05, 0) is 85.4 Å². The van der Waals surface area contributed by atoms with Crippen molar-refractivity contribution in [2.24, 2.45) is 5.92 Å². The van der Waals surface area contributed by atoms with E-state index in [1.807, 2.05) is 34.9 Å². The van der Waals surface area contributed by atoms with E-state index in [0.717, 1.165) is 43.2 Å². The molecule has 1 aliphatic carbocycles. The minimum absolute atomic E-state index is 0.0657. The molecule has 48 heavy (non-hydrogen) atoms. The van der Waals surface area contributed by atoms with E-state index in [1.165, 1.54) is 12.4 Å². The number of benzene rings is 2. The Kier molecular flexibility index (Phi) is 12.0. The van der Waals surface area contributed by atoms with Gasteiger partial charge in [-0.15, -0.1) is 0 Å². The summed E-state index contributed by atoms with van der Waals surface area (Å²) < 4.78 is 35.2. The third-order valence-electron chi connectivity index (χ3n) is 8.67. The largest absolute Gasteiger partial charge is 0.491 e. The zero-order valence-corrected chi connectivity index (χ0v) is 29.9. The van der Waals surface area contributed by atoms with Crippen molar-refractivity contribution in [3.8, 4) is 28.6 Å². The van der Waals surface area contributed by atoms with Gasteiger partial charge in [-0.2, -0.15) is 0 Å².